The highest BCUT2D eigenvalue weighted by Crippen LogP contribution is 2.33. The number of nitriles is 1. The van der Waals surface area contributed by atoms with Crippen LogP contribution in [0.5, 0.6) is 11.5 Å². The zero-order valence-corrected chi connectivity index (χ0v) is 13.0. The monoisotopic (exact) mass is 390 g/mol. The van der Waals surface area contributed by atoms with E-state index in [0.29, 0.717) is 11.5 Å². The largest absolute Gasteiger partial charge is 0.493 e. The molecule has 0 amide bonds. The zero-order chi connectivity index (χ0) is 14.3. The van der Waals surface area contributed by atoms with Crippen LogP contribution in [0.1, 0.15) is 5.56 Å². The molecule has 0 atom stereocenters. The third-order valence-corrected chi connectivity index (χ3v) is 2.81. The normalized spacial score (nSPS) is 9.95. The zero-order valence-electron chi connectivity index (χ0n) is 10.0. The van der Waals surface area contributed by atoms with Gasteiger partial charge >= 0.3 is 0 Å². The van der Waals surface area contributed by atoms with E-state index in [1.807, 2.05) is 12.1 Å². The number of halogens is 1. The van der Waals surface area contributed by atoms with E-state index in [9.17, 15) is 0 Å². The molecular formula is C11H11IN4O2S. The first kappa shape index (κ1) is 15.5. The first-order chi connectivity index (χ1) is 9.08. The number of hydrazone groups is 1. The summed E-state index contributed by atoms with van der Waals surface area (Å²) in [6.45, 7) is -0.0389. The molecule has 1 aromatic rings. The summed E-state index contributed by atoms with van der Waals surface area (Å²) in [5.41, 5.74) is 8.50. The molecule has 6 nitrogen and oxygen atoms in total. The number of benzene rings is 1. The first-order valence-corrected chi connectivity index (χ1v) is 6.53. The van der Waals surface area contributed by atoms with Crippen molar-refractivity contribution in [3.63, 3.8) is 0 Å². The molecule has 0 radical (unpaired) electrons. The van der Waals surface area contributed by atoms with Crippen molar-refractivity contribution < 1.29 is 9.47 Å². The fraction of sp³-hybridized carbons (Fsp3) is 0.182. The van der Waals surface area contributed by atoms with E-state index in [4.69, 9.17) is 20.5 Å². The SMILES string of the molecule is COc1cc(C=NNC(N)=S)cc(I)c1OCC#N. The molecule has 0 heterocycles. The second-order valence-electron chi connectivity index (χ2n) is 3.22. The van der Waals surface area contributed by atoms with Crippen LogP contribution >= 0.6 is 34.8 Å². The molecule has 0 saturated carbocycles. The van der Waals surface area contributed by atoms with Crippen molar-refractivity contribution in [2.24, 2.45) is 10.8 Å². The van der Waals surface area contributed by atoms with E-state index in [2.05, 4.69) is 45.3 Å². The number of nitrogens with zero attached hydrogens (tertiary/aromatic N) is 2. The Morgan fingerprint density at radius 3 is 3.00 bits per heavy atom. The molecule has 19 heavy (non-hydrogen) atoms. The van der Waals surface area contributed by atoms with Crippen LogP contribution in [0.15, 0.2) is 17.2 Å². The van der Waals surface area contributed by atoms with E-state index in [-0.39, 0.29) is 11.7 Å². The van der Waals surface area contributed by atoms with E-state index in [1.54, 1.807) is 12.3 Å². The molecule has 1 aromatic carbocycles. The van der Waals surface area contributed by atoms with Gasteiger partial charge in [-0.1, -0.05) is 0 Å². The van der Waals surface area contributed by atoms with E-state index in [1.165, 1.54) is 7.11 Å². The number of ether oxygens (including phenoxy) is 2. The average Bonchev–Trinajstić information content (AvgIpc) is 2.36. The average molecular weight is 390 g/mol. The Morgan fingerprint density at radius 2 is 2.42 bits per heavy atom. The maximum absolute atomic E-state index is 8.53. The summed E-state index contributed by atoms with van der Waals surface area (Å²) >= 11 is 6.72. The van der Waals surface area contributed by atoms with Gasteiger partial charge in [0.05, 0.1) is 16.9 Å². The minimum Gasteiger partial charge on any atom is -0.493 e. The van der Waals surface area contributed by atoms with Crippen molar-refractivity contribution in [2.75, 3.05) is 13.7 Å². The van der Waals surface area contributed by atoms with Gasteiger partial charge in [0, 0.05) is 0 Å². The van der Waals surface area contributed by atoms with E-state index < -0.39 is 0 Å². The van der Waals surface area contributed by atoms with Crippen LogP contribution < -0.4 is 20.6 Å². The summed E-state index contributed by atoms with van der Waals surface area (Å²) in [4.78, 5) is 0. The summed E-state index contributed by atoms with van der Waals surface area (Å²) in [5.74, 6) is 1.06. The number of hydrogen-bond acceptors (Lipinski definition) is 5. The number of hydrogen-bond donors (Lipinski definition) is 2. The summed E-state index contributed by atoms with van der Waals surface area (Å²) in [6.07, 6.45) is 1.55. The maximum Gasteiger partial charge on any atom is 0.184 e. The Morgan fingerprint density at radius 1 is 1.68 bits per heavy atom. The number of nitrogens with one attached hydrogen (secondary N) is 1. The Labute approximate surface area is 129 Å². The molecule has 0 bridgehead atoms. The number of thiocarbonyl (C=S) groups is 1. The fourth-order valence-electron chi connectivity index (χ4n) is 1.23. The molecule has 0 aliphatic heterocycles. The van der Waals surface area contributed by atoms with Gasteiger partial charge in [0.15, 0.2) is 23.2 Å². The molecule has 0 spiro atoms. The third-order valence-electron chi connectivity index (χ3n) is 1.92. The van der Waals surface area contributed by atoms with Gasteiger partial charge in [-0.25, -0.2) is 0 Å². The molecule has 0 aromatic heterocycles. The fourth-order valence-corrected chi connectivity index (χ4v) is 2.06. The minimum absolute atomic E-state index is 0.0389. The smallest absolute Gasteiger partial charge is 0.184 e. The van der Waals surface area contributed by atoms with Crippen molar-refractivity contribution in [2.45, 2.75) is 0 Å². The van der Waals surface area contributed by atoms with Crippen molar-refractivity contribution >= 4 is 46.1 Å². The summed E-state index contributed by atoms with van der Waals surface area (Å²) < 4.78 is 11.3. The Hall–Kier alpha value is -1.60. The lowest BCUT2D eigenvalue weighted by Crippen LogP contribution is -2.24. The number of nitrogens with two attached hydrogens (primary N) is 1. The van der Waals surface area contributed by atoms with E-state index in [0.717, 1.165) is 9.13 Å². The van der Waals surface area contributed by atoms with Gasteiger partial charge < -0.3 is 15.2 Å². The molecule has 0 unspecified atom stereocenters. The van der Waals surface area contributed by atoms with Crippen LogP contribution in [0.2, 0.25) is 0 Å². The second kappa shape index (κ2) is 7.75. The van der Waals surface area contributed by atoms with Crippen molar-refractivity contribution in [1.82, 2.24) is 5.43 Å². The highest BCUT2D eigenvalue weighted by atomic mass is 127. The molecule has 100 valence electrons. The van der Waals surface area contributed by atoms with Crippen LogP contribution in [-0.4, -0.2) is 25.0 Å². The predicted molar refractivity (Wildman–Crippen MR) is 84.3 cm³/mol. The molecular weight excluding hydrogens is 379 g/mol. The van der Waals surface area contributed by atoms with Crippen LogP contribution in [0.25, 0.3) is 0 Å². The summed E-state index contributed by atoms with van der Waals surface area (Å²) in [6, 6.07) is 5.48. The van der Waals surface area contributed by atoms with Crippen molar-refractivity contribution in [1.29, 1.82) is 5.26 Å². The van der Waals surface area contributed by atoms with E-state index >= 15 is 0 Å². The summed E-state index contributed by atoms with van der Waals surface area (Å²) in [5, 5.41) is 12.5. The maximum atomic E-state index is 8.53. The first-order valence-electron chi connectivity index (χ1n) is 5.04. The van der Waals surface area contributed by atoms with Crippen LogP contribution in [0.3, 0.4) is 0 Å². The minimum atomic E-state index is -0.0389. The van der Waals surface area contributed by atoms with Gasteiger partial charge in [0.1, 0.15) is 6.07 Å². The van der Waals surface area contributed by atoms with Crippen LogP contribution in [-0.2, 0) is 0 Å². The van der Waals surface area contributed by atoms with Crippen molar-refractivity contribution in [3.05, 3.63) is 21.3 Å². The Balaban J connectivity index is 2.99. The lowest BCUT2D eigenvalue weighted by molar-refractivity contribution is 0.327. The Kier molecular flexibility index (Phi) is 6.31. The molecule has 0 aliphatic carbocycles. The molecule has 3 N–H and O–H groups in total. The third kappa shape index (κ3) is 4.88. The van der Waals surface area contributed by atoms with Crippen LogP contribution in [0, 0.1) is 14.9 Å². The van der Waals surface area contributed by atoms with Crippen LogP contribution in [0.4, 0.5) is 0 Å². The van der Waals surface area contributed by atoms with Gasteiger partial charge in [0.2, 0.25) is 0 Å². The Bertz CT molecular complexity index is 542. The number of methoxy groups -OCH3 is 1. The van der Waals surface area contributed by atoms with Gasteiger partial charge in [-0.15, -0.1) is 0 Å². The van der Waals surface area contributed by atoms with Gasteiger partial charge in [0.25, 0.3) is 0 Å². The van der Waals surface area contributed by atoms with Crippen molar-refractivity contribution in [3.8, 4) is 17.6 Å². The summed E-state index contributed by atoms with van der Waals surface area (Å²) in [7, 11) is 1.53. The molecule has 0 saturated heterocycles. The topological polar surface area (TPSA) is 92.7 Å². The highest BCUT2D eigenvalue weighted by molar-refractivity contribution is 14.1. The van der Waals surface area contributed by atoms with Gasteiger partial charge in [-0.2, -0.15) is 10.4 Å². The van der Waals surface area contributed by atoms with Gasteiger partial charge in [-0.05, 0) is 52.5 Å². The molecule has 1 rings (SSSR count). The highest BCUT2D eigenvalue weighted by Gasteiger charge is 2.10. The molecule has 0 aliphatic rings. The second-order valence-corrected chi connectivity index (χ2v) is 4.82. The quantitative estimate of drug-likeness (QED) is 0.342. The standard InChI is InChI=1S/C11H11IN4O2S/c1-17-9-5-7(6-15-16-11(14)19)4-8(12)10(9)18-3-2-13/h4-6H,3H2,1H3,(H3,14,16,19). The number of rotatable bonds is 5. The molecule has 8 heteroatoms. The lowest BCUT2D eigenvalue weighted by Gasteiger charge is -2.11. The molecule has 0 fully saturated rings. The predicted octanol–water partition coefficient (Wildman–Crippen LogP) is 1.37. The van der Waals surface area contributed by atoms with Gasteiger partial charge in [-0.3, -0.25) is 5.43 Å². The lowest BCUT2D eigenvalue weighted by atomic mass is 10.2.